The van der Waals surface area contributed by atoms with E-state index in [0.717, 1.165) is 38.1 Å². The van der Waals surface area contributed by atoms with Gasteiger partial charge in [0.2, 0.25) is 11.9 Å². The van der Waals surface area contributed by atoms with Gasteiger partial charge in [0.15, 0.2) is 5.96 Å². The highest BCUT2D eigenvalue weighted by molar-refractivity contribution is 14.0. The number of halogens is 1. The Balaban J connectivity index is 0.00000312. The van der Waals surface area contributed by atoms with Gasteiger partial charge in [-0.05, 0) is 26.8 Å². The maximum atomic E-state index is 11.9. The number of nitrogens with zero attached hydrogens (tertiary/aromatic N) is 5. The molecule has 2 N–H and O–H groups in total. The van der Waals surface area contributed by atoms with E-state index in [9.17, 15) is 4.79 Å². The minimum Gasteiger partial charge on any atom is -0.350 e. The summed E-state index contributed by atoms with van der Waals surface area (Å²) in [6.45, 7) is 9.35. The molecule has 0 saturated carbocycles. The highest BCUT2D eigenvalue weighted by Crippen LogP contribution is 2.09. The Morgan fingerprint density at radius 1 is 1.20 bits per heavy atom. The summed E-state index contributed by atoms with van der Waals surface area (Å²) < 4.78 is 0. The molecular formula is C16H28IN7O. The first-order chi connectivity index (χ1) is 11.4. The number of carbonyl (C=O) groups is 1. The Bertz CT molecular complexity index is 566. The van der Waals surface area contributed by atoms with Crippen LogP contribution in [0.5, 0.6) is 0 Å². The van der Waals surface area contributed by atoms with E-state index in [1.807, 2.05) is 26.8 Å². The third kappa shape index (κ3) is 7.00. The number of anilines is 1. The highest BCUT2D eigenvalue weighted by atomic mass is 127. The Morgan fingerprint density at radius 3 is 2.32 bits per heavy atom. The predicted molar refractivity (Wildman–Crippen MR) is 110 cm³/mol. The van der Waals surface area contributed by atoms with E-state index in [1.54, 1.807) is 19.4 Å². The van der Waals surface area contributed by atoms with Crippen molar-refractivity contribution in [3.05, 3.63) is 18.5 Å². The number of aliphatic imine (C=N–C) groups is 1. The summed E-state index contributed by atoms with van der Waals surface area (Å²) in [5.41, 5.74) is -0.233. The van der Waals surface area contributed by atoms with Crippen molar-refractivity contribution in [1.29, 1.82) is 0 Å². The molecule has 140 valence electrons. The number of carbonyl (C=O) groups excluding carboxylic acids is 1. The molecule has 0 unspecified atom stereocenters. The van der Waals surface area contributed by atoms with Crippen molar-refractivity contribution in [1.82, 2.24) is 25.5 Å². The average molecular weight is 461 g/mol. The predicted octanol–water partition coefficient (Wildman–Crippen LogP) is 0.707. The standard InChI is InChI=1S/C16H27N7O.HI/c1-16(2,3)21-13(24)12-20-14(17-4)22-8-10-23(11-9-22)15-18-6-5-7-19-15;/h5-7H,8-12H2,1-4H3,(H,17,20)(H,21,24);1H. The van der Waals surface area contributed by atoms with Crippen LogP contribution >= 0.6 is 24.0 Å². The summed E-state index contributed by atoms with van der Waals surface area (Å²) in [7, 11) is 1.73. The smallest absolute Gasteiger partial charge is 0.239 e. The van der Waals surface area contributed by atoms with E-state index in [-0.39, 0.29) is 42.0 Å². The van der Waals surface area contributed by atoms with Crippen LogP contribution in [0.1, 0.15) is 20.8 Å². The first-order valence-corrected chi connectivity index (χ1v) is 8.17. The molecular weight excluding hydrogens is 433 g/mol. The van der Waals surface area contributed by atoms with Gasteiger partial charge in [-0.25, -0.2) is 9.97 Å². The largest absolute Gasteiger partial charge is 0.350 e. The van der Waals surface area contributed by atoms with Crippen LogP contribution in [0.15, 0.2) is 23.5 Å². The van der Waals surface area contributed by atoms with Crippen molar-refractivity contribution < 1.29 is 4.79 Å². The van der Waals surface area contributed by atoms with E-state index < -0.39 is 0 Å². The van der Waals surface area contributed by atoms with E-state index in [2.05, 4.69) is 35.4 Å². The summed E-state index contributed by atoms with van der Waals surface area (Å²) >= 11 is 0. The summed E-state index contributed by atoms with van der Waals surface area (Å²) in [4.78, 5) is 29.1. The molecule has 0 spiro atoms. The molecule has 1 aromatic rings. The van der Waals surface area contributed by atoms with Gasteiger partial charge in [-0.1, -0.05) is 0 Å². The van der Waals surface area contributed by atoms with E-state index in [1.165, 1.54) is 0 Å². The van der Waals surface area contributed by atoms with E-state index in [0.29, 0.717) is 0 Å². The third-order valence-corrected chi connectivity index (χ3v) is 3.55. The van der Waals surface area contributed by atoms with Gasteiger partial charge in [-0.2, -0.15) is 0 Å². The van der Waals surface area contributed by atoms with Gasteiger partial charge in [0.25, 0.3) is 0 Å². The Morgan fingerprint density at radius 2 is 1.80 bits per heavy atom. The van der Waals surface area contributed by atoms with Gasteiger partial charge in [0, 0.05) is 51.2 Å². The van der Waals surface area contributed by atoms with Crippen LogP contribution in [0, 0.1) is 0 Å². The van der Waals surface area contributed by atoms with Crippen molar-refractivity contribution in [3.63, 3.8) is 0 Å². The SMILES string of the molecule is CN=C(NCC(=O)NC(C)(C)C)N1CCN(c2ncccn2)CC1.I. The molecule has 25 heavy (non-hydrogen) atoms. The molecule has 0 bridgehead atoms. The maximum absolute atomic E-state index is 11.9. The zero-order valence-corrected chi connectivity index (χ0v) is 17.7. The number of hydrogen-bond acceptors (Lipinski definition) is 5. The fourth-order valence-electron chi connectivity index (χ4n) is 2.53. The molecule has 1 aromatic heterocycles. The van der Waals surface area contributed by atoms with E-state index in [4.69, 9.17) is 0 Å². The maximum Gasteiger partial charge on any atom is 0.239 e. The van der Waals surface area contributed by atoms with E-state index >= 15 is 0 Å². The van der Waals surface area contributed by atoms with Crippen LogP contribution < -0.4 is 15.5 Å². The second-order valence-corrected chi connectivity index (χ2v) is 6.72. The lowest BCUT2D eigenvalue weighted by atomic mass is 10.1. The van der Waals surface area contributed by atoms with Gasteiger partial charge >= 0.3 is 0 Å². The number of amides is 1. The number of nitrogens with one attached hydrogen (secondary N) is 2. The quantitative estimate of drug-likeness (QED) is 0.392. The van der Waals surface area contributed by atoms with Crippen molar-refractivity contribution >= 4 is 41.8 Å². The molecule has 1 saturated heterocycles. The number of piperazine rings is 1. The van der Waals surface area contributed by atoms with Crippen LogP contribution in [-0.2, 0) is 4.79 Å². The van der Waals surface area contributed by atoms with Crippen LogP contribution in [0.25, 0.3) is 0 Å². The fourth-order valence-corrected chi connectivity index (χ4v) is 2.53. The van der Waals surface area contributed by atoms with Gasteiger partial charge in [-0.15, -0.1) is 24.0 Å². The van der Waals surface area contributed by atoms with Crippen LogP contribution in [-0.4, -0.2) is 72.0 Å². The summed E-state index contributed by atoms with van der Waals surface area (Å²) in [5.74, 6) is 1.46. The molecule has 0 aromatic carbocycles. The highest BCUT2D eigenvalue weighted by Gasteiger charge is 2.21. The normalized spacial score (nSPS) is 15.4. The zero-order valence-electron chi connectivity index (χ0n) is 15.3. The Hall–Kier alpha value is -1.65. The first-order valence-electron chi connectivity index (χ1n) is 8.17. The van der Waals surface area contributed by atoms with Gasteiger partial charge < -0.3 is 20.4 Å². The first kappa shape index (κ1) is 21.4. The lowest BCUT2D eigenvalue weighted by Crippen LogP contribution is -2.54. The molecule has 0 atom stereocenters. The zero-order chi connectivity index (χ0) is 17.6. The monoisotopic (exact) mass is 461 g/mol. The lowest BCUT2D eigenvalue weighted by Gasteiger charge is -2.36. The number of hydrogen-bond donors (Lipinski definition) is 2. The third-order valence-electron chi connectivity index (χ3n) is 3.55. The fraction of sp³-hybridized carbons (Fsp3) is 0.625. The average Bonchev–Trinajstić information content (AvgIpc) is 2.55. The van der Waals surface area contributed by atoms with Crippen molar-refractivity contribution in [2.75, 3.05) is 44.7 Å². The van der Waals surface area contributed by atoms with Crippen LogP contribution in [0.3, 0.4) is 0 Å². The molecule has 1 aliphatic rings. The van der Waals surface area contributed by atoms with Crippen molar-refractivity contribution in [2.24, 2.45) is 4.99 Å². The molecule has 2 rings (SSSR count). The summed E-state index contributed by atoms with van der Waals surface area (Å²) in [6.07, 6.45) is 3.51. The number of aromatic nitrogens is 2. The number of rotatable bonds is 3. The molecule has 9 heteroatoms. The Kier molecular flexibility index (Phi) is 8.33. The Labute approximate surface area is 166 Å². The lowest BCUT2D eigenvalue weighted by molar-refractivity contribution is -0.121. The minimum atomic E-state index is -0.233. The molecule has 0 aliphatic carbocycles. The molecule has 1 aliphatic heterocycles. The van der Waals surface area contributed by atoms with Gasteiger partial charge in [-0.3, -0.25) is 9.79 Å². The molecule has 2 heterocycles. The molecule has 1 fully saturated rings. The van der Waals surface area contributed by atoms with Crippen LogP contribution in [0.4, 0.5) is 5.95 Å². The summed E-state index contributed by atoms with van der Waals surface area (Å²) in [5, 5.41) is 6.06. The molecule has 0 radical (unpaired) electrons. The van der Waals surface area contributed by atoms with Crippen molar-refractivity contribution in [2.45, 2.75) is 26.3 Å². The molecule has 1 amide bonds. The number of guanidine groups is 1. The van der Waals surface area contributed by atoms with Crippen molar-refractivity contribution in [3.8, 4) is 0 Å². The topological polar surface area (TPSA) is 85.8 Å². The van der Waals surface area contributed by atoms with Crippen LogP contribution in [0.2, 0.25) is 0 Å². The second kappa shape index (κ2) is 9.73. The minimum absolute atomic E-state index is 0. The van der Waals surface area contributed by atoms with Gasteiger partial charge in [0.05, 0.1) is 6.54 Å². The van der Waals surface area contributed by atoms with Gasteiger partial charge in [0.1, 0.15) is 0 Å². The summed E-state index contributed by atoms with van der Waals surface area (Å²) in [6, 6.07) is 1.81. The molecule has 8 nitrogen and oxygen atoms in total. The second-order valence-electron chi connectivity index (χ2n) is 6.72.